The molecule has 8 nitrogen and oxygen atoms in total. The zero-order valence-corrected chi connectivity index (χ0v) is 19.2. The van der Waals surface area contributed by atoms with Gasteiger partial charge in [-0.2, -0.15) is 0 Å². The maximum Gasteiger partial charge on any atom is 0.341 e. The number of aliphatic imine (C=N–C) groups is 1. The molecule has 0 spiro atoms. The lowest BCUT2D eigenvalue weighted by Gasteiger charge is -2.32. The van der Waals surface area contributed by atoms with Crippen molar-refractivity contribution >= 4 is 35.9 Å². The zero-order chi connectivity index (χ0) is 19.2. The molecule has 0 aromatic carbocycles. The highest BCUT2D eigenvalue weighted by molar-refractivity contribution is 14.0. The van der Waals surface area contributed by atoms with E-state index in [0.29, 0.717) is 29.7 Å². The number of carbonyl (C=O) groups excluding carboxylic acids is 1. The molecule has 0 saturated carbocycles. The average molecular weight is 506 g/mol. The number of hydrogen-bond acceptors (Lipinski definition) is 6. The summed E-state index contributed by atoms with van der Waals surface area (Å²) in [6.07, 6.45) is 1.14. The van der Waals surface area contributed by atoms with Crippen LogP contribution >= 0.6 is 24.0 Å². The van der Waals surface area contributed by atoms with E-state index in [1.54, 1.807) is 13.0 Å². The number of guanidine groups is 1. The van der Waals surface area contributed by atoms with Gasteiger partial charge in [-0.15, -0.1) is 24.0 Å². The lowest BCUT2D eigenvalue weighted by molar-refractivity contribution is 0.0195. The van der Waals surface area contributed by atoms with Crippen molar-refractivity contribution in [2.75, 3.05) is 53.0 Å². The number of carbonyl (C=O) groups is 1. The number of aryl methyl sites for hydroxylation is 1. The third kappa shape index (κ3) is 5.60. The van der Waals surface area contributed by atoms with Crippen LogP contribution in [0.1, 0.15) is 35.2 Å². The molecule has 3 rings (SSSR count). The van der Waals surface area contributed by atoms with Crippen LogP contribution in [0, 0.1) is 6.92 Å². The van der Waals surface area contributed by atoms with Crippen LogP contribution in [0.5, 0.6) is 0 Å². The van der Waals surface area contributed by atoms with Crippen LogP contribution in [0.2, 0.25) is 0 Å². The molecular formula is C19H31IN4O4. The molecule has 28 heavy (non-hydrogen) atoms. The molecule has 0 amide bonds. The predicted octanol–water partition coefficient (Wildman–Crippen LogP) is 1.86. The van der Waals surface area contributed by atoms with Crippen LogP contribution in [-0.4, -0.2) is 80.8 Å². The van der Waals surface area contributed by atoms with Crippen molar-refractivity contribution < 1.29 is 18.7 Å². The summed E-state index contributed by atoms with van der Waals surface area (Å²) in [7, 11) is 1.37. The van der Waals surface area contributed by atoms with E-state index in [1.165, 1.54) is 7.11 Å². The molecule has 158 valence electrons. The Morgan fingerprint density at radius 1 is 1.36 bits per heavy atom. The van der Waals surface area contributed by atoms with Crippen molar-refractivity contribution in [3.63, 3.8) is 0 Å². The van der Waals surface area contributed by atoms with Crippen molar-refractivity contribution in [1.82, 2.24) is 15.1 Å². The normalized spacial score (nSPS) is 20.8. The first-order chi connectivity index (χ1) is 13.1. The lowest BCUT2D eigenvalue weighted by atomic mass is 10.2. The number of likely N-dealkylation sites (tertiary alicyclic amines) is 1. The first-order valence-corrected chi connectivity index (χ1v) is 9.65. The van der Waals surface area contributed by atoms with E-state index in [9.17, 15) is 4.79 Å². The van der Waals surface area contributed by atoms with Gasteiger partial charge >= 0.3 is 5.97 Å². The predicted molar refractivity (Wildman–Crippen MR) is 117 cm³/mol. The number of esters is 1. The number of morpholine rings is 1. The van der Waals surface area contributed by atoms with Gasteiger partial charge in [0.25, 0.3) is 0 Å². The molecule has 3 heterocycles. The number of furan rings is 1. The Kier molecular flexibility index (Phi) is 9.03. The van der Waals surface area contributed by atoms with Crippen LogP contribution in [0.4, 0.5) is 0 Å². The third-order valence-corrected chi connectivity index (χ3v) is 5.12. The van der Waals surface area contributed by atoms with Gasteiger partial charge in [-0.05, 0) is 26.3 Å². The van der Waals surface area contributed by atoms with E-state index in [4.69, 9.17) is 18.9 Å². The molecule has 9 heteroatoms. The number of nitrogens with zero attached hydrogens (tertiary/aromatic N) is 3. The molecule has 1 N–H and O–H groups in total. The molecular weight excluding hydrogens is 475 g/mol. The lowest BCUT2D eigenvalue weighted by Crippen LogP contribution is -2.46. The summed E-state index contributed by atoms with van der Waals surface area (Å²) in [6, 6.07) is 2.27. The largest absolute Gasteiger partial charge is 0.465 e. The fourth-order valence-electron chi connectivity index (χ4n) is 3.69. The number of hydrogen-bond donors (Lipinski definition) is 1. The average Bonchev–Trinajstić information content (AvgIpc) is 3.32. The van der Waals surface area contributed by atoms with E-state index in [-0.39, 0.29) is 29.9 Å². The molecule has 0 bridgehead atoms. The monoisotopic (exact) mass is 506 g/mol. The van der Waals surface area contributed by atoms with Crippen molar-refractivity contribution in [3.8, 4) is 0 Å². The van der Waals surface area contributed by atoms with Gasteiger partial charge in [0.1, 0.15) is 23.6 Å². The van der Waals surface area contributed by atoms with Crippen LogP contribution in [0.15, 0.2) is 15.5 Å². The van der Waals surface area contributed by atoms with Gasteiger partial charge in [-0.25, -0.2) is 9.79 Å². The first kappa shape index (κ1) is 23.0. The number of methoxy groups -OCH3 is 1. The molecule has 2 aliphatic rings. The summed E-state index contributed by atoms with van der Waals surface area (Å²) in [5.74, 6) is 1.73. The second-order valence-corrected chi connectivity index (χ2v) is 6.88. The molecule has 2 saturated heterocycles. The van der Waals surface area contributed by atoms with Gasteiger partial charge in [-0.1, -0.05) is 0 Å². The molecule has 1 aromatic heterocycles. The maximum atomic E-state index is 11.7. The Hall–Kier alpha value is -1.33. The molecule has 1 unspecified atom stereocenters. The second kappa shape index (κ2) is 11.0. The first-order valence-electron chi connectivity index (χ1n) is 9.65. The minimum absolute atomic E-state index is 0. The number of rotatable bonds is 5. The Labute approximate surface area is 183 Å². The minimum atomic E-state index is -0.383. The van der Waals surface area contributed by atoms with Crippen LogP contribution in [0.3, 0.4) is 0 Å². The topological polar surface area (TPSA) is 79.5 Å². The Morgan fingerprint density at radius 3 is 2.79 bits per heavy atom. The Balaban J connectivity index is 0.00000280. The molecule has 0 aliphatic carbocycles. The highest BCUT2D eigenvalue weighted by Gasteiger charge is 2.30. The van der Waals surface area contributed by atoms with E-state index in [0.717, 1.165) is 58.3 Å². The van der Waals surface area contributed by atoms with Gasteiger partial charge in [0, 0.05) is 38.8 Å². The number of halogens is 1. The third-order valence-electron chi connectivity index (χ3n) is 5.12. The number of nitrogens with one attached hydrogen (secondary N) is 1. The minimum Gasteiger partial charge on any atom is -0.465 e. The fourth-order valence-corrected chi connectivity index (χ4v) is 3.69. The summed E-state index contributed by atoms with van der Waals surface area (Å²) in [5.41, 5.74) is 0.459. The van der Waals surface area contributed by atoms with E-state index < -0.39 is 0 Å². The maximum absolute atomic E-state index is 11.7. The van der Waals surface area contributed by atoms with Crippen molar-refractivity contribution in [2.24, 2.45) is 4.99 Å². The summed E-state index contributed by atoms with van der Waals surface area (Å²) in [4.78, 5) is 21.3. The molecule has 2 aliphatic heterocycles. The Bertz CT molecular complexity index is 673. The van der Waals surface area contributed by atoms with Crippen molar-refractivity contribution in [1.29, 1.82) is 0 Å². The molecule has 1 atom stereocenters. The van der Waals surface area contributed by atoms with Crippen molar-refractivity contribution in [2.45, 2.75) is 32.9 Å². The second-order valence-electron chi connectivity index (χ2n) is 6.88. The van der Waals surface area contributed by atoms with E-state index in [2.05, 4.69) is 22.0 Å². The van der Waals surface area contributed by atoms with Gasteiger partial charge < -0.3 is 24.1 Å². The summed E-state index contributed by atoms with van der Waals surface area (Å²) in [6.45, 7) is 10.6. The smallest absolute Gasteiger partial charge is 0.341 e. The van der Waals surface area contributed by atoms with Gasteiger partial charge in [0.05, 0.1) is 20.3 Å². The molecule has 2 fully saturated rings. The summed E-state index contributed by atoms with van der Waals surface area (Å²) >= 11 is 0. The van der Waals surface area contributed by atoms with Gasteiger partial charge in [-0.3, -0.25) is 4.90 Å². The fraction of sp³-hybridized carbons (Fsp3) is 0.684. The Morgan fingerprint density at radius 2 is 2.11 bits per heavy atom. The highest BCUT2D eigenvalue weighted by Crippen LogP contribution is 2.19. The van der Waals surface area contributed by atoms with Crippen LogP contribution in [0.25, 0.3) is 0 Å². The van der Waals surface area contributed by atoms with Gasteiger partial charge in [0.15, 0.2) is 5.96 Å². The van der Waals surface area contributed by atoms with Gasteiger partial charge in [0.2, 0.25) is 0 Å². The number of ether oxygens (including phenoxy) is 2. The van der Waals surface area contributed by atoms with Crippen molar-refractivity contribution in [3.05, 3.63) is 23.2 Å². The van der Waals surface area contributed by atoms with E-state index >= 15 is 0 Å². The standard InChI is InChI=1S/C19H30N4O4.HI/c1-4-20-19(21-12-16-11-17(14(2)27-16)18(24)25-3)23-6-5-15(13-23)22-7-9-26-10-8-22;/h11,15H,4-10,12-13H2,1-3H3,(H,20,21);1H. The summed E-state index contributed by atoms with van der Waals surface area (Å²) < 4.78 is 15.9. The molecule has 1 aromatic rings. The molecule has 0 radical (unpaired) electrons. The van der Waals surface area contributed by atoms with E-state index in [1.807, 2.05) is 0 Å². The zero-order valence-electron chi connectivity index (χ0n) is 16.9. The summed E-state index contributed by atoms with van der Waals surface area (Å²) in [5, 5.41) is 3.37. The van der Waals surface area contributed by atoms with Crippen LogP contribution < -0.4 is 5.32 Å². The highest BCUT2D eigenvalue weighted by atomic mass is 127. The quantitative estimate of drug-likeness (QED) is 0.283. The SMILES string of the molecule is CCNC(=NCc1cc(C(=O)OC)c(C)o1)N1CCC(N2CCOCC2)C1.I. The van der Waals surface area contributed by atoms with Crippen LogP contribution in [-0.2, 0) is 16.0 Å².